The van der Waals surface area contributed by atoms with Crippen LogP contribution in [0.5, 0.6) is 0 Å². The summed E-state index contributed by atoms with van der Waals surface area (Å²) in [5.74, 6) is -0.265. The van der Waals surface area contributed by atoms with Gasteiger partial charge in [0, 0.05) is 28.3 Å². The van der Waals surface area contributed by atoms with Crippen LogP contribution in [0.25, 0.3) is 0 Å². The minimum atomic E-state index is -4.42. The average Bonchev–Trinajstić information content (AvgIpc) is 2.79. The third kappa shape index (κ3) is 6.45. The maximum absolute atomic E-state index is 11.8. The van der Waals surface area contributed by atoms with Gasteiger partial charge in [0.25, 0.3) is 12.7 Å². The van der Waals surface area contributed by atoms with Crippen molar-refractivity contribution in [2.75, 3.05) is 18.5 Å². The van der Waals surface area contributed by atoms with Crippen LogP contribution in [0.15, 0.2) is 47.5 Å². The molecule has 0 radical (unpaired) electrons. The maximum Gasteiger partial charge on any atom is 0.317 e. The van der Waals surface area contributed by atoms with Crippen molar-refractivity contribution in [3.8, 4) is 0 Å². The van der Waals surface area contributed by atoms with Crippen LogP contribution >= 0.6 is 19.4 Å². The smallest absolute Gasteiger partial charge is 0.317 e. The number of halogens is 1. The summed E-state index contributed by atoms with van der Waals surface area (Å²) in [6, 6.07) is 11.5. The molecular formula is C17H17ClN3O7P. The number of amides is 1. The second kappa shape index (κ2) is 9.73. The van der Waals surface area contributed by atoms with E-state index in [0.717, 1.165) is 0 Å². The molecule has 0 saturated heterocycles. The highest BCUT2D eigenvalue weighted by atomic mass is 35.5. The molecule has 1 aliphatic rings. The lowest BCUT2D eigenvalue weighted by molar-refractivity contribution is -0.729. The van der Waals surface area contributed by atoms with Crippen LogP contribution in [0.3, 0.4) is 0 Å². The summed E-state index contributed by atoms with van der Waals surface area (Å²) in [6.45, 7) is 1.41. The summed E-state index contributed by atoms with van der Waals surface area (Å²) >= 11 is 6.21. The predicted molar refractivity (Wildman–Crippen MR) is 104 cm³/mol. The fraction of sp³-hybridized carbons (Fsp3) is 0.176. The molecule has 1 heterocycles. The topological polar surface area (TPSA) is 151 Å². The summed E-state index contributed by atoms with van der Waals surface area (Å²) in [7, 11) is -4.42. The molecular weight excluding hydrogens is 425 g/mol. The van der Waals surface area contributed by atoms with E-state index < -0.39 is 7.82 Å². The Morgan fingerprint density at radius 2 is 2.00 bits per heavy atom. The molecule has 0 aliphatic carbocycles. The number of anilines is 1. The molecule has 3 N–H and O–H groups in total. The minimum absolute atomic E-state index is 0.0166. The van der Waals surface area contributed by atoms with Gasteiger partial charge >= 0.3 is 5.69 Å². The zero-order valence-corrected chi connectivity index (χ0v) is 16.8. The van der Waals surface area contributed by atoms with Gasteiger partial charge in [0.15, 0.2) is 0 Å². The monoisotopic (exact) mass is 441 g/mol. The summed E-state index contributed by atoms with van der Waals surface area (Å²) in [6.07, 6.45) is 0. The summed E-state index contributed by atoms with van der Waals surface area (Å²) in [4.78, 5) is 44.3. The van der Waals surface area contributed by atoms with E-state index in [-0.39, 0.29) is 29.7 Å². The molecule has 1 atom stereocenters. The van der Waals surface area contributed by atoms with E-state index in [4.69, 9.17) is 21.7 Å². The standard InChI is InChI=1S/C15H10ClN3O3.C2H7O4P/c16-12-4-2-1-3-10(12)15-11-7-9(19(21)22)5-6-13(11)18-14(20)8-17-15;1-2-6-7(3,4)5/h1-7H,8H2,(H-,17,18,20,21,22);2H2,1H3,(H2,3,4,5). The maximum atomic E-state index is 11.8. The Kier molecular flexibility index (Phi) is 7.60. The molecule has 2 aromatic rings. The zero-order chi connectivity index (χ0) is 21.6. The molecule has 0 bridgehead atoms. The number of rotatable bonds is 4. The largest absolute Gasteiger partial charge is 0.756 e. The number of carbonyl (C=O) groups is 1. The minimum Gasteiger partial charge on any atom is -0.756 e. The van der Waals surface area contributed by atoms with Gasteiger partial charge < -0.3 is 19.6 Å². The SMILES string of the molecule is CCOP(=O)([O-])O.O=C1CN=C(c2ccccc2Cl)c2cc([N+](=O)O)ccc2N1. The second-order valence-electron chi connectivity index (χ2n) is 5.58. The van der Waals surface area contributed by atoms with Crippen molar-refractivity contribution in [3.05, 3.63) is 63.5 Å². The molecule has 1 unspecified atom stereocenters. The first-order valence-electron chi connectivity index (χ1n) is 8.20. The Balaban J connectivity index is 0.000000370. The number of benzene rings is 2. The highest BCUT2D eigenvalue weighted by molar-refractivity contribution is 7.44. The van der Waals surface area contributed by atoms with Crippen LogP contribution in [-0.4, -0.2) is 39.8 Å². The van der Waals surface area contributed by atoms with Gasteiger partial charge in [-0.3, -0.25) is 14.4 Å². The number of nitrogens with one attached hydrogen (secondary N) is 1. The van der Waals surface area contributed by atoms with E-state index >= 15 is 0 Å². The number of benzodiazepines with no additional fused rings is 1. The molecule has 12 heteroatoms. The molecule has 0 saturated carbocycles. The van der Waals surface area contributed by atoms with Gasteiger partial charge in [-0.25, -0.2) is 5.21 Å². The van der Waals surface area contributed by atoms with Crippen LogP contribution in [0.1, 0.15) is 18.1 Å². The number of nitrogens with zero attached hydrogens (tertiary/aromatic N) is 2. The summed E-state index contributed by atoms with van der Waals surface area (Å²) in [5, 5.41) is 12.3. The van der Waals surface area contributed by atoms with Crippen molar-refractivity contribution in [1.29, 1.82) is 0 Å². The fourth-order valence-corrected chi connectivity index (χ4v) is 2.98. The van der Waals surface area contributed by atoms with Crippen molar-refractivity contribution >= 4 is 42.4 Å². The third-order valence-electron chi connectivity index (χ3n) is 3.56. The molecule has 3 rings (SSSR count). The zero-order valence-electron chi connectivity index (χ0n) is 15.1. The lowest BCUT2D eigenvalue weighted by Crippen LogP contribution is -2.13. The van der Waals surface area contributed by atoms with Crippen LogP contribution in [0.2, 0.25) is 5.02 Å². The van der Waals surface area contributed by atoms with Gasteiger partial charge in [-0.1, -0.05) is 29.8 Å². The third-order valence-corrected chi connectivity index (χ3v) is 4.47. The lowest BCUT2D eigenvalue weighted by atomic mass is 10.00. The summed E-state index contributed by atoms with van der Waals surface area (Å²) in [5.41, 5.74) is 2.20. The van der Waals surface area contributed by atoms with E-state index in [1.807, 2.05) is 0 Å². The lowest BCUT2D eigenvalue weighted by Gasteiger charge is -2.12. The van der Waals surface area contributed by atoms with Crippen LogP contribution in [-0.2, 0) is 13.9 Å². The van der Waals surface area contributed by atoms with E-state index in [2.05, 4.69) is 14.8 Å². The number of hydrogen-bond acceptors (Lipinski definition) is 6. The van der Waals surface area contributed by atoms with Crippen LogP contribution in [0.4, 0.5) is 11.4 Å². The molecule has 154 valence electrons. The second-order valence-corrected chi connectivity index (χ2v) is 7.18. The predicted octanol–water partition coefficient (Wildman–Crippen LogP) is 2.41. The Morgan fingerprint density at radius 3 is 2.55 bits per heavy atom. The molecule has 1 aliphatic heterocycles. The first-order chi connectivity index (χ1) is 13.6. The number of aliphatic imine (C=N–C) groups is 1. The van der Waals surface area contributed by atoms with Crippen molar-refractivity contribution in [1.82, 2.24) is 0 Å². The number of hydrogen-bond donors (Lipinski definition) is 3. The fourth-order valence-electron chi connectivity index (χ4n) is 2.43. The van der Waals surface area contributed by atoms with Crippen molar-refractivity contribution in [3.63, 3.8) is 0 Å². The molecule has 10 nitrogen and oxygen atoms in total. The van der Waals surface area contributed by atoms with Crippen molar-refractivity contribution in [2.45, 2.75) is 6.92 Å². The summed E-state index contributed by atoms with van der Waals surface area (Å²) < 4.78 is 13.4. The van der Waals surface area contributed by atoms with Crippen molar-refractivity contribution in [2.24, 2.45) is 4.99 Å². The van der Waals surface area contributed by atoms with E-state index in [0.29, 0.717) is 27.5 Å². The Morgan fingerprint density at radius 1 is 1.31 bits per heavy atom. The van der Waals surface area contributed by atoms with Crippen molar-refractivity contribution < 1.29 is 33.8 Å². The highest BCUT2D eigenvalue weighted by Gasteiger charge is 2.23. The van der Waals surface area contributed by atoms with Gasteiger partial charge in [-0.05, 0) is 19.1 Å². The van der Waals surface area contributed by atoms with E-state index in [9.17, 15) is 19.2 Å². The molecule has 0 spiro atoms. The number of carbonyl (C=O) groups excluding carboxylic acids is 1. The Hall–Kier alpha value is -2.62. The normalized spacial score (nSPS) is 14.9. The Labute approximate surface area is 170 Å². The van der Waals surface area contributed by atoms with Gasteiger partial charge in [0.1, 0.15) is 6.54 Å². The highest BCUT2D eigenvalue weighted by Crippen LogP contribution is 2.30. The van der Waals surface area contributed by atoms with Gasteiger partial charge in [0.05, 0.1) is 22.9 Å². The molecule has 0 fully saturated rings. The number of phosphoric acid groups is 1. The molecule has 0 aromatic heterocycles. The quantitative estimate of drug-likeness (QED) is 0.486. The van der Waals surface area contributed by atoms with Crippen LogP contribution in [0, 0.1) is 4.91 Å². The Bertz CT molecular complexity index is 1010. The number of fused-ring (bicyclic) bond motifs is 1. The van der Waals surface area contributed by atoms with Gasteiger partial charge in [-0.2, -0.15) is 0 Å². The molecule has 2 aromatic carbocycles. The first kappa shape index (κ1) is 22.7. The molecule has 1 amide bonds. The number of phosphoric ester groups is 1. The van der Waals surface area contributed by atoms with Gasteiger partial charge in [0.2, 0.25) is 5.91 Å². The van der Waals surface area contributed by atoms with Crippen LogP contribution < -0.4 is 10.2 Å². The van der Waals surface area contributed by atoms with E-state index in [1.165, 1.54) is 19.1 Å². The van der Waals surface area contributed by atoms with E-state index in [1.54, 1.807) is 30.3 Å². The molecule has 29 heavy (non-hydrogen) atoms. The first-order valence-corrected chi connectivity index (χ1v) is 10.1. The van der Waals surface area contributed by atoms with Gasteiger partial charge in [-0.15, -0.1) is 0 Å². The average molecular weight is 442 g/mol.